The molecule has 1 atom stereocenters. The van der Waals surface area contributed by atoms with Crippen LogP contribution in [0.5, 0.6) is 0 Å². The molecule has 1 aliphatic heterocycles. The second-order valence-electron chi connectivity index (χ2n) is 7.94. The minimum atomic E-state index is 0.0963. The van der Waals surface area contributed by atoms with Gasteiger partial charge in [0.15, 0.2) is 0 Å². The van der Waals surface area contributed by atoms with E-state index in [1.165, 1.54) is 32.1 Å². The molecule has 2 aliphatic rings. The molecule has 1 aliphatic carbocycles. The summed E-state index contributed by atoms with van der Waals surface area (Å²) < 4.78 is 0. The molecule has 27 heavy (non-hydrogen) atoms. The maximum atomic E-state index is 12.7. The molecule has 0 bridgehead atoms. The third kappa shape index (κ3) is 6.94. The van der Waals surface area contributed by atoms with Crippen molar-refractivity contribution in [3.63, 3.8) is 0 Å². The predicted molar refractivity (Wildman–Crippen MR) is 105 cm³/mol. The Hall–Kier alpha value is -1.95. The van der Waals surface area contributed by atoms with E-state index in [0.717, 1.165) is 24.8 Å². The lowest BCUT2D eigenvalue weighted by Crippen LogP contribution is -2.45. The van der Waals surface area contributed by atoms with Crippen LogP contribution in [0.4, 0.5) is 0 Å². The molecule has 1 aromatic rings. The summed E-state index contributed by atoms with van der Waals surface area (Å²) in [5.74, 6) is 0.210. The van der Waals surface area contributed by atoms with Gasteiger partial charge in [0.05, 0.1) is 6.54 Å². The van der Waals surface area contributed by atoms with Crippen LogP contribution < -0.4 is 10.6 Å². The average molecular weight is 373 g/mol. The molecule has 0 unspecified atom stereocenters. The molecule has 1 aromatic heterocycles. The summed E-state index contributed by atoms with van der Waals surface area (Å²) in [5.41, 5.74) is 1.13. The van der Waals surface area contributed by atoms with Gasteiger partial charge in [-0.2, -0.15) is 0 Å². The van der Waals surface area contributed by atoms with Gasteiger partial charge < -0.3 is 10.6 Å². The molecule has 2 heterocycles. The van der Waals surface area contributed by atoms with E-state index in [9.17, 15) is 9.59 Å². The van der Waals surface area contributed by atoms with Gasteiger partial charge >= 0.3 is 0 Å². The number of hydrogen-bond acceptors (Lipinski definition) is 4. The van der Waals surface area contributed by atoms with Crippen LogP contribution in [0.15, 0.2) is 24.5 Å². The first-order valence-corrected chi connectivity index (χ1v) is 10.4. The van der Waals surface area contributed by atoms with Crippen molar-refractivity contribution in [3.8, 4) is 0 Å². The van der Waals surface area contributed by atoms with Crippen LogP contribution in [0.2, 0.25) is 0 Å². The van der Waals surface area contributed by atoms with Gasteiger partial charge in [-0.05, 0) is 37.0 Å². The van der Waals surface area contributed by atoms with Crippen molar-refractivity contribution in [2.24, 2.45) is 0 Å². The van der Waals surface area contributed by atoms with Gasteiger partial charge in [0.1, 0.15) is 0 Å². The Morgan fingerprint density at radius 1 is 1.11 bits per heavy atom. The zero-order chi connectivity index (χ0) is 18.9. The van der Waals surface area contributed by atoms with E-state index in [2.05, 4.69) is 20.5 Å². The van der Waals surface area contributed by atoms with Crippen LogP contribution in [0.1, 0.15) is 63.4 Å². The molecule has 0 spiro atoms. The quantitative estimate of drug-likeness (QED) is 0.771. The molecule has 2 fully saturated rings. The topological polar surface area (TPSA) is 74.3 Å². The lowest BCUT2D eigenvalue weighted by Gasteiger charge is -2.27. The first-order chi connectivity index (χ1) is 13.2. The van der Waals surface area contributed by atoms with Crippen molar-refractivity contribution < 1.29 is 9.59 Å². The summed E-state index contributed by atoms with van der Waals surface area (Å²) in [6, 6.07) is 4.40. The van der Waals surface area contributed by atoms with Crippen molar-refractivity contribution in [2.45, 2.75) is 76.4 Å². The van der Waals surface area contributed by atoms with Crippen molar-refractivity contribution in [1.29, 1.82) is 0 Å². The van der Waals surface area contributed by atoms with Gasteiger partial charge in [0.2, 0.25) is 11.8 Å². The molecule has 0 radical (unpaired) electrons. The molecular formula is C21H32N4O2. The lowest BCUT2D eigenvalue weighted by molar-refractivity contribution is -0.123. The fourth-order valence-corrected chi connectivity index (χ4v) is 4.13. The maximum absolute atomic E-state index is 12.7. The lowest BCUT2D eigenvalue weighted by atomic mass is 9.97. The molecule has 1 saturated heterocycles. The SMILES string of the molecule is O=C(CN(Cc1ccncc1)C[C@@H]1CCC(=O)N1)NC1CCCCCCC1. The third-order valence-electron chi connectivity index (χ3n) is 5.56. The van der Waals surface area contributed by atoms with E-state index >= 15 is 0 Å². The Kier molecular flexibility index (Phi) is 7.63. The van der Waals surface area contributed by atoms with Gasteiger partial charge in [-0.3, -0.25) is 19.5 Å². The van der Waals surface area contributed by atoms with Crippen LogP contribution >= 0.6 is 0 Å². The zero-order valence-corrected chi connectivity index (χ0v) is 16.2. The van der Waals surface area contributed by atoms with Crippen molar-refractivity contribution in [3.05, 3.63) is 30.1 Å². The minimum absolute atomic E-state index is 0.0963. The average Bonchev–Trinajstić information content (AvgIpc) is 3.03. The fourth-order valence-electron chi connectivity index (χ4n) is 4.13. The van der Waals surface area contributed by atoms with Crippen LogP contribution in [-0.2, 0) is 16.1 Å². The number of carbonyl (C=O) groups excluding carboxylic acids is 2. The highest BCUT2D eigenvalue weighted by Crippen LogP contribution is 2.17. The molecule has 3 rings (SSSR count). The van der Waals surface area contributed by atoms with E-state index in [0.29, 0.717) is 32.1 Å². The smallest absolute Gasteiger partial charge is 0.234 e. The number of amides is 2. The van der Waals surface area contributed by atoms with Crippen LogP contribution in [0, 0.1) is 0 Å². The number of nitrogens with zero attached hydrogens (tertiary/aromatic N) is 2. The molecule has 1 saturated carbocycles. The Morgan fingerprint density at radius 3 is 2.48 bits per heavy atom. The molecule has 2 amide bonds. The highest BCUT2D eigenvalue weighted by Gasteiger charge is 2.24. The second kappa shape index (κ2) is 10.4. The van der Waals surface area contributed by atoms with E-state index in [1.54, 1.807) is 12.4 Å². The van der Waals surface area contributed by atoms with E-state index in [1.807, 2.05) is 12.1 Å². The minimum Gasteiger partial charge on any atom is -0.352 e. The summed E-state index contributed by atoms with van der Waals surface area (Å²) in [6.07, 6.45) is 13.5. The van der Waals surface area contributed by atoms with Gasteiger partial charge in [0, 0.05) is 44.0 Å². The number of hydrogen-bond donors (Lipinski definition) is 2. The first-order valence-electron chi connectivity index (χ1n) is 10.4. The third-order valence-corrected chi connectivity index (χ3v) is 5.56. The molecule has 148 valence electrons. The van der Waals surface area contributed by atoms with Crippen LogP contribution in [0.25, 0.3) is 0 Å². The monoisotopic (exact) mass is 372 g/mol. The summed E-state index contributed by atoms with van der Waals surface area (Å²) in [7, 11) is 0. The number of rotatable bonds is 7. The zero-order valence-electron chi connectivity index (χ0n) is 16.2. The Balaban J connectivity index is 1.55. The van der Waals surface area contributed by atoms with Gasteiger partial charge in [-0.25, -0.2) is 0 Å². The normalized spacial score (nSPS) is 21.5. The summed E-state index contributed by atoms with van der Waals surface area (Å²) in [6.45, 7) is 1.75. The largest absolute Gasteiger partial charge is 0.352 e. The van der Waals surface area contributed by atoms with Crippen LogP contribution in [0.3, 0.4) is 0 Å². The number of carbonyl (C=O) groups is 2. The van der Waals surface area contributed by atoms with E-state index < -0.39 is 0 Å². The predicted octanol–water partition coefficient (Wildman–Crippen LogP) is 2.39. The first kappa shape index (κ1) is 19.8. The molecule has 6 heteroatoms. The fraction of sp³-hybridized carbons (Fsp3) is 0.667. The van der Waals surface area contributed by atoms with Gasteiger partial charge in [-0.15, -0.1) is 0 Å². The van der Waals surface area contributed by atoms with Gasteiger partial charge in [0.25, 0.3) is 0 Å². The van der Waals surface area contributed by atoms with E-state index in [4.69, 9.17) is 0 Å². The molecule has 6 nitrogen and oxygen atoms in total. The second-order valence-corrected chi connectivity index (χ2v) is 7.94. The standard InChI is InChI=1S/C21H32N4O2/c26-20-9-8-19(24-20)15-25(14-17-10-12-22-13-11-17)16-21(27)23-18-6-4-2-1-3-5-7-18/h10-13,18-19H,1-9,14-16H2,(H,23,27)(H,24,26)/t19-/m0/s1. The number of aromatic nitrogens is 1. The van der Waals surface area contributed by atoms with Crippen molar-refractivity contribution in [2.75, 3.05) is 13.1 Å². The summed E-state index contributed by atoms with van der Waals surface area (Å²) in [5, 5.41) is 6.27. The Morgan fingerprint density at radius 2 is 1.81 bits per heavy atom. The van der Waals surface area contributed by atoms with E-state index in [-0.39, 0.29) is 17.9 Å². The molecule has 2 N–H and O–H groups in total. The summed E-state index contributed by atoms with van der Waals surface area (Å²) >= 11 is 0. The van der Waals surface area contributed by atoms with Gasteiger partial charge in [-0.1, -0.05) is 32.1 Å². The Labute approximate surface area is 162 Å². The van der Waals surface area contributed by atoms with Crippen molar-refractivity contribution in [1.82, 2.24) is 20.5 Å². The van der Waals surface area contributed by atoms with Crippen LogP contribution in [-0.4, -0.2) is 46.9 Å². The number of pyridine rings is 1. The molecule has 0 aromatic carbocycles. The highest BCUT2D eigenvalue weighted by atomic mass is 16.2. The molecular weight excluding hydrogens is 340 g/mol. The summed E-state index contributed by atoms with van der Waals surface area (Å²) in [4.78, 5) is 30.4. The highest BCUT2D eigenvalue weighted by molar-refractivity contribution is 5.79. The maximum Gasteiger partial charge on any atom is 0.234 e. The van der Waals surface area contributed by atoms with Crippen molar-refractivity contribution >= 4 is 11.8 Å². The Bertz CT molecular complexity index is 599. The number of nitrogens with one attached hydrogen (secondary N) is 2.